The Balaban J connectivity index is 1.44. The highest BCUT2D eigenvalue weighted by Gasteiger charge is 2.08. The molecule has 28 heavy (non-hydrogen) atoms. The molecule has 0 saturated carbocycles. The van der Waals surface area contributed by atoms with E-state index in [0.29, 0.717) is 5.56 Å². The van der Waals surface area contributed by atoms with E-state index in [2.05, 4.69) is 16.0 Å². The standard InChI is InChI=1S/C23H22N4O/c1-24-18-5-7-19(8-6-18)25-20-9-11-21(12-10-20)26-23(28)17-4-3-16-13-14-27(2)22(16)15-17/h3-15,24-25H,1-2H3,(H,26,28). The number of nitrogens with zero attached hydrogens (tertiary/aromatic N) is 1. The Bertz CT molecular complexity index is 1110. The van der Waals surface area contributed by atoms with Gasteiger partial charge in [0.15, 0.2) is 0 Å². The molecule has 0 bridgehead atoms. The molecule has 5 nitrogen and oxygen atoms in total. The van der Waals surface area contributed by atoms with E-state index in [1.807, 2.05) is 97.7 Å². The molecule has 4 aromatic rings. The van der Waals surface area contributed by atoms with E-state index in [-0.39, 0.29) is 5.91 Å². The fourth-order valence-corrected chi connectivity index (χ4v) is 3.13. The SMILES string of the molecule is CNc1ccc(Nc2ccc(NC(=O)c3ccc4ccn(C)c4c3)cc2)cc1. The second kappa shape index (κ2) is 7.48. The molecule has 0 atom stereocenters. The second-order valence-electron chi connectivity index (χ2n) is 6.68. The average molecular weight is 370 g/mol. The number of aromatic nitrogens is 1. The van der Waals surface area contributed by atoms with Gasteiger partial charge in [-0.2, -0.15) is 0 Å². The number of carbonyl (C=O) groups excluding carboxylic acids is 1. The molecule has 1 aromatic heterocycles. The molecule has 140 valence electrons. The Morgan fingerprint density at radius 2 is 1.39 bits per heavy atom. The molecule has 3 N–H and O–H groups in total. The van der Waals surface area contributed by atoms with E-state index in [0.717, 1.165) is 33.7 Å². The maximum absolute atomic E-state index is 12.6. The number of nitrogens with one attached hydrogen (secondary N) is 3. The van der Waals surface area contributed by atoms with Crippen molar-refractivity contribution in [2.45, 2.75) is 0 Å². The number of hydrogen-bond acceptors (Lipinski definition) is 3. The number of rotatable bonds is 5. The van der Waals surface area contributed by atoms with Crippen molar-refractivity contribution < 1.29 is 4.79 Å². The molecule has 0 unspecified atom stereocenters. The highest BCUT2D eigenvalue weighted by molar-refractivity contribution is 6.06. The van der Waals surface area contributed by atoms with Crippen molar-refractivity contribution in [3.05, 3.63) is 84.6 Å². The van der Waals surface area contributed by atoms with Crippen LogP contribution >= 0.6 is 0 Å². The Kier molecular flexibility index (Phi) is 4.72. The third-order valence-electron chi connectivity index (χ3n) is 4.76. The van der Waals surface area contributed by atoms with Gasteiger partial charge in [0, 0.05) is 54.1 Å². The summed E-state index contributed by atoms with van der Waals surface area (Å²) in [6, 6.07) is 23.5. The van der Waals surface area contributed by atoms with Crippen LogP contribution in [0.4, 0.5) is 22.7 Å². The van der Waals surface area contributed by atoms with Crippen LogP contribution in [-0.2, 0) is 7.05 Å². The number of anilines is 4. The molecule has 1 heterocycles. The van der Waals surface area contributed by atoms with Crippen LogP contribution in [0.25, 0.3) is 10.9 Å². The average Bonchev–Trinajstić information content (AvgIpc) is 3.10. The van der Waals surface area contributed by atoms with E-state index in [9.17, 15) is 4.79 Å². The summed E-state index contributed by atoms with van der Waals surface area (Å²) in [6.07, 6.45) is 1.99. The zero-order valence-electron chi connectivity index (χ0n) is 15.9. The summed E-state index contributed by atoms with van der Waals surface area (Å²) in [5.74, 6) is -0.119. The molecule has 1 amide bonds. The third kappa shape index (κ3) is 3.69. The molecule has 3 aromatic carbocycles. The summed E-state index contributed by atoms with van der Waals surface area (Å²) in [7, 11) is 3.87. The van der Waals surface area contributed by atoms with Crippen LogP contribution < -0.4 is 16.0 Å². The van der Waals surface area contributed by atoms with Gasteiger partial charge in [-0.15, -0.1) is 0 Å². The molecule has 0 aliphatic rings. The van der Waals surface area contributed by atoms with Crippen molar-refractivity contribution in [2.24, 2.45) is 7.05 Å². The smallest absolute Gasteiger partial charge is 0.255 e. The van der Waals surface area contributed by atoms with Crippen molar-refractivity contribution in [3.63, 3.8) is 0 Å². The number of amides is 1. The lowest BCUT2D eigenvalue weighted by Crippen LogP contribution is -2.11. The predicted octanol–water partition coefficient (Wildman–Crippen LogP) is 5.22. The first kappa shape index (κ1) is 17.7. The Morgan fingerprint density at radius 1 is 0.786 bits per heavy atom. The fourth-order valence-electron chi connectivity index (χ4n) is 3.13. The van der Waals surface area contributed by atoms with Crippen LogP contribution in [0.5, 0.6) is 0 Å². The van der Waals surface area contributed by atoms with Crippen LogP contribution in [0, 0.1) is 0 Å². The van der Waals surface area contributed by atoms with Gasteiger partial charge in [0.1, 0.15) is 0 Å². The molecular weight excluding hydrogens is 348 g/mol. The third-order valence-corrected chi connectivity index (χ3v) is 4.76. The first-order valence-corrected chi connectivity index (χ1v) is 9.14. The molecule has 5 heteroatoms. The van der Waals surface area contributed by atoms with E-state index in [1.165, 1.54) is 0 Å². The van der Waals surface area contributed by atoms with Crippen molar-refractivity contribution in [1.82, 2.24) is 4.57 Å². The zero-order valence-corrected chi connectivity index (χ0v) is 15.9. The van der Waals surface area contributed by atoms with Crippen LogP contribution in [0.2, 0.25) is 0 Å². The van der Waals surface area contributed by atoms with Gasteiger partial charge in [0.2, 0.25) is 0 Å². The van der Waals surface area contributed by atoms with Crippen molar-refractivity contribution in [1.29, 1.82) is 0 Å². The molecule has 0 radical (unpaired) electrons. The minimum Gasteiger partial charge on any atom is -0.388 e. The number of fused-ring (bicyclic) bond motifs is 1. The quantitative estimate of drug-likeness (QED) is 0.452. The molecular formula is C23H22N4O. The van der Waals surface area contributed by atoms with E-state index in [4.69, 9.17) is 0 Å². The van der Waals surface area contributed by atoms with Gasteiger partial charge in [-0.3, -0.25) is 4.79 Å². The van der Waals surface area contributed by atoms with Crippen LogP contribution in [-0.4, -0.2) is 17.5 Å². The summed E-state index contributed by atoms with van der Waals surface area (Å²) in [6.45, 7) is 0. The molecule has 4 rings (SSSR count). The number of hydrogen-bond donors (Lipinski definition) is 3. The van der Waals surface area contributed by atoms with Gasteiger partial charge >= 0.3 is 0 Å². The highest BCUT2D eigenvalue weighted by atomic mass is 16.1. The van der Waals surface area contributed by atoms with Crippen molar-refractivity contribution >= 4 is 39.6 Å². The Labute approximate surface area is 164 Å². The van der Waals surface area contributed by atoms with Gasteiger partial charge in [0.25, 0.3) is 5.91 Å². The minimum absolute atomic E-state index is 0.119. The predicted molar refractivity (Wildman–Crippen MR) is 117 cm³/mol. The molecule has 0 fully saturated rings. The van der Waals surface area contributed by atoms with Crippen LogP contribution in [0.15, 0.2) is 79.0 Å². The zero-order chi connectivity index (χ0) is 19.5. The number of carbonyl (C=O) groups is 1. The largest absolute Gasteiger partial charge is 0.388 e. The maximum atomic E-state index is 12.6. The number of aryl methyl sites for hydroxylation is 1. The summed E-state index contributed by atoms with van der Waals surface area (Å²) >= 11 is 0. The topological polar surface area (TPSA) is 58.1 Å². The summed E-state index contributed by atoms with van der Waals surface area (Å²) in [5, 5.41) is 10.5. The summed E-state index contributed by atoms with van der Waals surface area (Å²) < 4.78 is 2.01. The lowest BCUT2D eigenvalue weighted by Gasteiger charge is -2.10. The second-order valence-corrected chi connectivity index (χ2v) is 6.68. The molecule has 0 aliphatic heterocycles. The highest BCUT2D eigenvalue weighted by Crippen LogP contribution is 2.22. The monoisotopic (exact) mass is 370 g/mol. The lowest BCUT2D eigenvalue weighted by molar-refractivity contribution is 0.102. The Morgan fingerprint density at radius 3 is 2.04 bits per heavy atom. The van der Waals surface area contributed by atoms with Gasteiger partial charge in [-0.25, -0.2) is 0 Å². The Hall–Kier alpha value is -3.73. The fraction of sp³-hybridized carbons (Fsp3) is 0.0870. The van der Waals surface area contributed by atoms with Gasteiger partial charge in [-0.1, -0.05) is 6.07 Å². The van der Waals surface area contributed by atoms with Gasteiger partial charge < -0.3 is 20.5 Å². The maximum Gasteiger partial charge on any atom is 0.255 e. The van der Waals surface area contributed by atoms with E-state index in [1.54, 1.807) is 0 Å². The van der Waals surface area contributed by atoms with Crippen molar-refractivity contribution in [2.75, 3.05) is 23.0 Å². The van der Waals surface area contributed by atoms with Crippen LogP contribution in [0.1, 0.15) is 10.4 Å². The van der Waals surface area contributed by atoms with Crippen LogP contribution in [0.3, 0.4) is 0 Å². The first-order valence-electron chi connectivity index (χ1n) is 9.14. The minimum atomic E-state index is -0.119. The van der Waals surface area contributed by atoms with Crippen molar-refractivity contribution in [3.8, 4) is 0 Å². The van der Waals surface area contributed by atoms with Gasteiger partial charge in [0.05, 0.1) is 0 Å². The number of benzene rings is 3. The molecule has 0 spiro atoms. The normalized spacial score (nSPS) is 10.6. The van der Waals surface area contributed by atoms with E-state index < -0.39 is 0 Å². The van der Waals surface area contributed by atoms with E-state index >= 15 is 0 Å². The lowest BCUT2D eigenvalue weighted by atomic mass is 10.1. The summed E-state index contributed by atoms with van der Waals surface area (Å²) in [4.78, 5) is 12.6. The summed E-state index contributed by atoms with van der Waals surface area (Å²) in [5.41, 5.74) is 5.47. The molecule has 0 saturated heterocycles. The molecule has 0 aliphatic carbocycles. The first-order chi connectivity index (χ1) is 13.6. The van der Waals surface area contributed by atoms with Gasteiger partial charge in [-0.05, 0) is 72.1 Å².